The van der Waals surface area contributed by atoms with Gasteiger partial charge in [-0.3, -0.25) is 19.6 Å². The summed E-state index contributed by atoms with van der Waals surface area (Å²) in [5.41, 5.74) is 4.08. The Morgan fingerprint density at radius 1 is 0.878 bits per heavy atom. The van der Waals surface area contributed by atoms with E-state index in [4.69, 9.17) is 39.0 Å². The number of carbonyl (C=O) groups is 2. The first-order valence-electron chi connectivity index (χ1n) is 27.1. The molecule has 12 rings (SSSR count). The van der Waals surface area contributed by atoms with Crippen LogP contribution in [-0.4, -0.2) is 125 Å². The Balaban J connectivity index is 0.726. The zero-order valence-electron chi connectivity index (χ0n) is 42.9. The fraction of sp³-hybridized carbons (Fsp3) is 0.544. The minimum absolute atomic E-state index is 0.00185. The van der Waals surface area contributed by atoms with Gasteiger partial charge in [-0.15, -0.1) is 0 Å². The molecule has 2 amide bonds. The van der Waals surface area contributed by atoms with Crippen LogP contribution in [0.25, 0.3) is 43.8 Å². The number of para-hydroxylation sites is 1. The van der Waals surface area contributed by atoms with Gasteiger partial charge in [0.1, 0.15) is 40.6 Å². The van der Waals surface area contributed by atoms with Crippen LogP contribution in [0.15, 0.2) is 42.5 Å². The van der Waals surface area contributed by atoms with Gasteiger partial charge in [-0.2, -0.15) is 15.1 Å². The fourth-order valence-electron chi connectivity index (χ4n) is 13.0. The Morgan fingerprint density at radius 2 is 1.70 bits per heavy atom. The lowest BCUT2D eigenvalue weighted by Gasteiger charge is -2.38. The minimum Gasteiger partial charge on any atom is -0.475 e. The summed E-state index contributed by atoms with van der Waals surface area (Å²) >= 11 is 0. The molecule has 5 aliphatic heterocycles. The Morgan fingerprint density at radius 3 is 2.49 bits per heavy atom. The largest absolute Gasteiger partial charge is 0.475 e. The van der Waals surface area contributed by atoms with Gasteiger partial charge >= 0.3 is 6.01 Å². The topological polar surface area (TPSA) is 149 Å². The summed E-state index contributed by atoms with van der Waals surface area (Å²) in [6.45, 7) is 9.69. The summed E-state index contributed by atoms with van der Waals surface area (Å²) in [6, 6.07) is 13.2. The van der Waals surface area contributed by atoms with E-state index < -0.39 is 11.7 Å². The van der Waals surface area contributed by atoms with Crippen molar-refractivity contribution in [2.45, 2.75) is 108 Å². The van der Waals surface area contributed by atoms with Crippen LogP contribution in [0.2, 0.25) is 0 Å². The third-order valence-corrected chi connectivity index (χ3v) is 17.1. The maximum atomic E-state index is 17.7. The quantitative estimate of drug-likeness (QED) is 0.0818. The van der Waals surface area contributed by atoms with E-state index in [2.05, 4.69) is 38.2 Å². The molecule has 0 bridgehead atoms. The molecule has 8 heterocycles. The van der Waals surface area contributed by atoms with Crippen LogP contribution in [-0.2, 0) is 27.8 Å². The van der Waals surface area contributed by atoms with Gasteiger partial charge in [0.25, 0.3) is 0 Å². The molecule has 17 heteroatoms. The summed E-state index contributed by atoms with van der Waals surface area (Å²) in [5, 5.41) is 10.1. The number of nitrogens with zero attached hydrogens (tertiary/aromatic N) is 8. The molecule has 3 aromatic carbocycles. The minimum atomic E-state index is -0.650. The zero-order chi connectivity index (χ0) is 50.7. The number of rotatable bonds is 14. The summed E-state index contributed by atoms with van der Waals surface area (Å²) < 4.78 is 59.4. The fourth-order valence-corrected chi connectivity index (χ4v) is 13.0. The highest BCUT2D eigenvalue weighted by Crippen LogP contribution is 2.49. The molecule has 3 aromatic heterocycles. The molecule has 2 atom stereocenters. The average Bonchev–Trinajstić information content (AvgIpc) is 4.18. The first kappa shape index (κ1) is 48.9. The second-order valence-electron chi connectivity index (χ2n) is 22.0. The van der Waals surface area contributed by atoms with Crippen molar-refractivity contribution in [1.29, 1.82) is 0 Å². The van der Waals surface area contributed by atoms with Gasteiger partial charge in [-0.1, -0.05) is 44.0 Å². The summed E-state index contributed by atoms with van der Waals surface area (Å²) in [7, 11) is 3.51. The van der Waals surface area contributed by atoms with Crippen LogP contribution >= 0.6 is 0 Å². The number of imide groups is 1. The third-order valence-electron chi connectivity index (χ3n) is 17.1. The SMILES string of the molecule is CCc1c(F)ccc2cc(OCOC)cc(-c3nc4c5c(nc(OCC6(CN7CCC(CN8CCC(c9cccc%10c(C%11CCC(=O)NC%11=O)nn(C)c9%10)CC8)CC7)CC6)nc5c3F)N3CCCCC[C@H]3CO4)c12. The molecule has 1 aliphatic carbocycles. The summed E-state index contributed by atoms with van der Waals surface area (Å²) in [5.74, 6) is 0.463. The number of fused-ring (bicyclic) bond motifs is 4. The number of methoxy groups -OCH3 is 1. The van der Waals surface area contributed by atoms with Crippen LogP contribution in [0, 0.1) is 23.0 Å². The van der Waals surface area contributed by atoms with E-state index in [1.165, 1.54) is 18.7 Å². The number of piperidine rings is 3. The van der Waals surface area contributed by atoms with Crippen LogP contribution in [0.1, 0.15) is 113 Å². The second kappa shape index (κ2) is 20.2. The zero-order valence-corrected chi connectivity index (χ0v) is 42.9. The molecular weight excluding hydrogens is 945 g/mol. The molecule has 1 unspecified atom stereocenters. The molecule has 6 aromatic rings. The van der Waals surface area contributed by atoms with Crippen molar-refractivity contribution in [3.63, 3.8) is 0 Å². The van der Waals surface area contributed by atoms with Crippen LogP contribution < -0.4 is 24.4 Å². The Kier molecular flexibility index (Phi) is 13.4. The average molecular weight is 1010 g/mol. The number of carbonyl (C=O) groups excluding carboxylic acids is 2. The maximum Gasteiger partial charge on any atom is 0.319 e. The van der Waals surface area contributed by atoms with Crippen molar-refractivity contribution < 1.29 is 37.3 Å². The van der Waals surface area contributed by atoms with Gasteiger partial charge < -0.3 is 33.6 Å². The third kappa shape index (κ3) is 9.30. The van der Waals surface area contributed by atoms with E-state index >= 15 is 8.78 Å². The number of benzene rings is 3. The Labute approximate surface area is 430 Å². The lowest BCUT2D eigenvalue weighted by atomic mass is 9.86. The molecular formula is C57H67F2N9O6. The molecule has 1 saturated carbocycles. The number of aryl methyl sites for hydroxylation is 2. The lowest BCUT2D eigenvalue weighted by molar-refractivity contribution is -0.134. The highest BCUT2D eigenvalue weighted by atomic mass is 19.1. The lowest BCUT2D eigenvalue weighted by Crippen LogP contribution is -2.43. The molecule has 4 saturated heterocycles. The number of hydrogen-bond donors (Lipinski definition) is 1. The molecule has 0 radical (unpaired) electrons. The standard InChI is InChI=1S/C57H67F2N9O6/c1-4-39-44(58)14-12-36-27-38(74-33-71-3)28-43(46(36)39)50-48(59)51-47-53(68-22-7-5-6-9-37(68)30-72-55(47)61-50)63-56(62-51)73-32-57(20-21-57)31-67-23-16-34(17-24-67)29-66-25-18-35(19-26-66)40-10-8-11-41-49(64-65(2)52(40)41)42-13-15-45(69)60-54(42)70/h8,10-12,14,27-28,34-35,37,42H,4-7,9,13,15-26,29-33H2,1-3H3,(H,60,69,70)/t37-,42?/m0/s1. The van der Waals surface area contributed by atoms with Gasteiger partial charge in [-0.05, 0) is 142 Å². The van der Waals surface area contributed by atoms with Crippen molar-refractivity contribution in [2.75, 3.05) is 77.8 Å². The number of nitrogens with one attached hydrogen (secondary N) is 1. The van der Waals surface area contributed by atoms with E-state index in [1.807, 2.05) is 24.7 Å². The highest BCUT2D eigenvalue weighted by Gasteiger charge is 2.46. The number of halogens is 2. The van der Waals surface area contributed by atoms with Crippen molar-refractivity contribution >= 4 is 50.2 Å². The van der Waals surface area contributed by atoms with Crippen LogP contribution in [0.3, 0.4) is 0 Å². The number of amides is 2. The summed E-state index contributed by atoms with van der Waals surface area (Å²) in [4.78, 5) is 47.0. The highest BCUT2D eigenvalue weighted by molar-refractivity contribution is 6.04. The van der Waals surface area contributed by atoms with E-state index in [-0.39, 0.29) is 59.0 Å². The Hall–Kier alpha value is -6.04. The van der Waals surface area contributed by atoms with Crippen molar-refractivity contribution in [3.8, 4) is 28.9 Å². The second-order valence-corrected chi connectivity index (χ2v) is 22.0. The first-order chi connectivity index (χ1) is 36.1. The molecule has 6 aliphatic rings. The molecule has 5 fully saturated rings. The van der Waals surface area contributed by atoms with Crippen molar-refractivity contribution in [2.24, 2.45) is 18.4 Å². The van der Waals surface area contributed by atoms with Crippen molar-refractivity contribution in [1.82, 2.24) is 39.8 Å². The van der Waals surface area contributed by atoms with Crippen LogP contribution in [0.5, 0.6) is 17.6 Å². The maximum absolute atomic E-state index is 17.7. The molecule has 15 nitrogen and oxygen atoms in total. The predicted molar refractivity (Wildman–Crippen MR) is 278 cm³/mol. The normalized spacial score (nSPS) is 21.9. The molecule has 74 heavy (non-hydrogen) atoms. The number of pyridine rings is 1. The molecule has 390 valence electrons. The molecule has 1 N–H and O–H groups in total. The Bertz CT molecular complexity index is 3130. The van der Waals surface area contributed by atoms with E-state index in [0.717, 1.165) is 127 Å². The smallest absolute Gasteiger partial charge is 0.319 e. The van der Waals surface area contributed by atoms with Gasteiger partial charge in [-0.25, -0.2) is 13.8 Å². The van der Waals surface area contributed by atoms with Gasteiger partial charge in [0.15, 0.2) is 12.6 Å². The van der Waals surface area contributed by atoms with Crippen molar-refractivity contribution in [3.05, 3.63) is 70.9 Å². The number of hydrogen-bond acceptors (Lipinski definition) is 13. The van der Waals surface area contributed by atoms with Crippen LogP contribution in [0.4, 0.5) is 14.6 Å². The number of aromatic nitrogens is 5. The number of ether oxygens (including phenoxy) is 4. The van der Waals surface area contributed by atoms with Gasteiger partial charge in [0.2, 0.25) is 17.7 Å². The predicted octanol–water partition coefficient (Wildman–Crippen LogP) is 8.97. The monoisotopic (exact) mass is 1010 g/mol. The van der Waals surface area contributed by atoms with E-state index in [9.17, 15) is 9.59 Å². The van der Waals surface area contributed by atoms with E-state index in [0.29, 0.717) is 83.2 Å². The first-order valence-corrected chi connectivity index (χ1v) is 27.1. The summed E-state index contributed by atoms with van der Waals surface area (Å²) in [6.07, 6.45) is 11.8. The van der Waals surface area contributed by atoms with E-state index in [1.54, 1.807) is 12.1 Å². The molecule has 0 spiro atoms. The van der Waals surface area contributed by atoms with Gasteiger partial charge in [0, 0.05) is 56.6 Å². The number of anilines is 1. The van der Waals surface area contributed by atoms with Gasteiger partial charge in [0.05, 0.1) is 29.8 Å². The number of likely N-dealkylation sites (tertiary alicyclic amines) is 2.